The maximum Gasteiger partial charge on any atom is 0.234 e. The lowest BCUT2D eigenvalue weighted by Crippen LogP contribution is -2.15. The van der Waals surface area contributed by atoms with E-state index in [1.165, 1.54) is 17.8 Å². The number of nitrogens with zero attached hydrogens (tertiary/aromatic N) is 3. The average Bonchev–Trinajstić information content (AvgIpc) is 3.22. The van der Waals surface area contributed by atoms with Crippen molar-refractivity contribution in [1.82, 2.24) is 14.8 Å². The highest BCUT2D eigenvalue weighted by Gasteiger charge is 2.18. The van der Waals surface area contributed by atoms with Crippen LogP contribution in [0.4, 0.5) is 14.5 Å². The minimum Gasteiger partial charge on any atom is -0.446 e. The Hall–Kier alpha value is -2.20. The molecular weight excluding hydrogens is 442 g/mol. The fourth-order valence-electron chi connectivity index (χ4n) is 2.34. The Morgan fingerprint density at radius 3 is 2.78 bits per heavy atom. The van der Waals surface area contributed by atoms with Crippen molar-refractivity contribution in [3.8, 4) is 11.6 Å². The van der Waals surface area contributed by atoms with Gasteiger partial charge in [-0.2, -0.15) is 0 Å². The van der Waals surface area contributed by atoms with Gasteiger partial charge in [-0.25, -0.2) is 8.78 Å². The molecule has 0 saturated carbocycles. The summed E-state index contributed by atoms with van der Waals surface area (Å²) in [5.74, 6) is -0.834. The lowest BCUT2D eigenvalue weighted by molar-refractivity contribution is -0.113. The van der Waals surface area contributed by atoms with Gasteiger partial charge in [0, 0.05) is 12.6 Å². The van der Waals surface area contributed by atoms with Crippen molar-refractivity contribution in [2.24, 2.45) is 0 Å². The minimum absolute atomic E-state index is 0.000509. The predicted molar refractivity (Wildman–Crippen MR) is 101 cm³/mol. The van der Waals surface area contributed by atoms with E-state index in [0.29, 0.717) is 34.0 Å². The molecule has 0 aliphatic carbocycles. The monoisotopic (exact) mass is 456 g/mol. The first-order chi connectivity index (χ1) is 13.0. The molecule has 3 rings (SSSR count). The molecule has 0 radical (unpaired) electrons. The number of nitrogens with one attached hydrogen (secondary N) is 1. The van der Waals surface area contributed by atoms with Crippen LogP contribution < -0.4 is 5.32 Å². The second-order valence-electron chi connectivity index (χ2n) is 5.52. The average molecular weight is 457 g/mol. The molecule has 1 amide bonds. The number of thioether (sulfide) groups is 1. The highest BCUT2D eigenvalue weighted by Crippen LogP contribution is 2.27. The number of benzene rings is 1. The summed E-state index contributed by atoms with van der Waals surface area (Å²) in [5.41, 5.74) is -0.0712. The molecule has 10 heteroatoms. The van der Waals surface area contributed by atoms with Crippen LogP contribution in [0.1, 0.15) is 13.3 Å². The SMILES string of the molecule is CCCn1c(SCC(=O)Nc2ccc(F)cc2F)nnc1-c1ccc(Br)o1. The molecule has 0 unspecified atom stereocenters. The Labute approximate surface area is 166 Å². The van der Waals surface area contributed by atoms with E-state index in [4.69, 9.17) is 4.42 Å². The summed E-state index contributed by atoms with van der Waals surface area (Å²) < 4.78 is 34.5. The molecule has 2 heterocycles. The maximum atomic E-state index is 13.6. The van der Waals surface area contributed by atoms with Crippen molar-refractivity contribution in [3.05, 3.63) is 46.6 Å². The molecule has 0 aliphatic rings. The number of rotatable bonds is 7. The van der Waals surface area contributed by atoms with E-state index < -0.39 is 17.5 Å². The largest absolute Gasteiger partial charge is 0.446 e. The third-order valence-electron chi connectivity index (χ3n) is 3.50. The Morgan fingerprint density at radius 1 is 1.30 bits per heavy atom. The van der Waals surface area contributed by atoms with Crippen LogP contribution in [-0.4, -0.2) is 26.4 Å². The molecule has 0 atom stereocenters. The van der Waals surface area contributed by atoms with Crippen molar-refractivity contribution in [2.75, 3.05) is 11.1 Å². The fourth-order valence-corrected chi connectivity index (χ4v) is 3.42. The minimum atomic E-state index is -0.826. The van der Waals surface area contributed by atoms with Gasteiger partial charge in [0.15, 0.2) is 15.6 Å². The molecule has 0 spiro atoms. The van der Waals surface area contributed by atoms with E-state index in [1.807, 2.05) is 11.5 Å². The molecule has 2 aromatic heterocycles. The number of hydrogen-bond donors (Lipinski definition) is 1. The van der Waals surface area contributed by atoms with Crippen LogP contribution in [0.25, 0.3) is 11.6 Å². The lowest BCUT2D eigenvalue weighted by atomic mass is 10.3. The topological polar surface area (TPSA) is 73.0 Å². The van der Waals surface area contributed by atoms with Gasteiger partial charge in [0.2, 0.25) is 11.7 Å². The molecule has 1 N–H and O–H groups in total. The summed E-state index contributed by atoms with van der Waals surface area (Å²) in [4.78, 5) is 12.1. The smallest absolute Gasteiger partial charge is 0.234 e. The van der Waals surface area contributed by atoms with Crippen LogP contribution >= 0.6 is 27.7 Å². The first-order valence-corrected chi connectivity index (χ1v) is 9.82. The van der Waals surface area contributed by atoms with E-state index in [1.54, 1.807) is 12.1 Å². The molecule has 27 heavy (non-hydrogen) atoms. The number of amides is 1. The standard InChI is InChI=1S/C17H15BrF2N4O2S/c1-2-7-24-16(13-5-6-14(18)26-13)22-23-17(24)27-9-15(25)21-12-4-3-10(19)8-11(12)20/h3-6,8H,2,7,9H2,1H3,(H,21,25). The van der Waals surface area contributed by atoms with Crippen molar-refractivity contribution in [3.63, 3.8) is 0 Å². The van der Waals surface area contributed by atoms with E-state index in [-0.39, 0.29) is 11.4 Å². The number of hydrogen-bond acceptors (Lipinski definition) is 5. The first kappa shape index (κ1) is 19.6. The van der Waals surface area contributed by atoms with Gasteiger partial charge in [-0.15, -0.1) is 10.2 Å². The second-order valence-corrected chi connectivity index (χ2v) is 7.25. The number of aromatic nitrogens is 3. The van der Waals surface area contributed by atoms with Gasteiger partial charge in [-0.3, -0.25) is 9.36 Å². The van der Waals surface area contributed by atoms with E-state index >= 15 is 0 Å². The van der Waals surface area contributed by atoms with Gasteiger partial charge in [-0.05, 0) is 46.6 Å². The van der Waals surface area contributed by atoms with Crippen molar-refractivity contribution in [1.29, 1.82) is 0 Å². The highest BCUT2D eigenvalue weighted by molar-refractivity contribution is 9.10. The first-order valence-electron chi connectivity index (χ1n) is 8.04. The van der Waals surface area contributed by atoms with E-state index in [0.717, 1.165) is 12.5 Å². The van der Waals surface area contributed by atoms with Crippen LogP contribution in [-0.2, 0) is 11.3 Å². The molecule has 142 valence electrons. The fraction of sp³-hybridized carbons (Fsp3) is 0.235. The predicted octanol–water partition coefficient (Wildman–Crippen LogP) is 4.72. The summed E-state index contributed by atoms with van der Waals surface area (Å²) in [7, 11) is 0. The zero-order chi connectivity index (χ0) is 19.4. The molecular formula is C17H15BrF2N4O2S. The van der Waals surface area contributed by atoms with Crippen LogP contribution in [0.15, 0.2) is 44.6 Å². The molecule has 0 aliphatic heterocycles. The van der Waals surface area contributed by atoms with Crippen molar-refractivity contribution >= 4 is 39.3 Å². The van der Waals surface area contributed by atoms with Crippen LogP contribution in [0.3, 0.4) is 0 Å². The molecule has 6 nitrogen and oxygen atoms in total. The molecule has 3 aromatic rings. The number of anilines is 1. The maximum absolute atomic E-state index is 13.6. The van der Waals surface area contributed by atoms with Gasteiger partial charge in [0.25, 0.3) is 0 Å². The Kier molecular flexibility index (Phi) is 6.27. The zero-order valence-corrected chi connectivity index (χ0v) is 16.6. The number of furan rings is 1. The van der Waals surface area contributed by atoms with Gasteiger partial charge >= 0.3 is 0 Å². The van der Waals surface area contributed by atoms with Gasteiger partial charge in [0.05, 0.1) is 11.4 Å². The Balaban J connectivity index is 1.70. The second kappa shape index (κ2) is 8.66. The summed E-state index contributed by atoms with van der Waals surface area (Å²) in [5, 5.41) is 11.2. The Morgan fingerprint density at radius 2 is 2.11 bits per heavy atom. The van der Waals surface area contributed by atoms with Gasteiger partial charge in [-0.1, -0.05) is 18.7 Å². The zero-order valence-electron chi connectivity index (χ0n) is 14.2. The lowest BCUT2D eigenvalue weighted by Gasteiger charge is -2.08. The summed E-state index contributed by atoms with van der Waals surface area (Å²) in [6, 6.07) is 6.52. The highest BCUT2D eigenvalue weighted by atomic mass is 79.9. The van der Waals surface area contributed by atoms with E-state index in [9.17, 15) is 13.6 Å². The molecule has 0 bridgehead atoms. The number of carbonyl (C=O) groups excluding carboxylic acids is 1. The number of halogens is 3. The third-order valence-corrected chi connectivity index (χ3v) is 4.89. The summed E-state index contributed by atoms with van der Waals surface area (Å²) in [6.07, 6.45) is 0.841. The van der Waals surface area contributed by atoms with Gasteiger partial charge in [0.1, 0.15) is 11.6 Å². The van der Waals surface area contributed by atoms with Crippen molar-refractivity contribution < 1.29 is 18.0 Å². The quantitative estimate of drug-likeness (QED) is 0.520. The van der Waals surface area contributed by atoms with E-state index in [2.05, 4.69) is 31.4 Å². The van der Waals surface area contributed by atoms with Gasteiger partial charge < -0.3 is 9.73 Å². The third kappa shape index (κ3) is 4.75. The number of carbonyl (C=O) groups is 1. The van der Waals surface area contributed by atoms with Crippen LogP contribution in [0, 0.1) is 11.6 Å². The van der Waals surface area contributed by atoms with Crippen molar-refractivity contribution in [2.45, 2.75) is 25.0 Å². The summed E-state index contributed by atoms with van der Waals surface area (Å²) >= 11 is 4.43. The molecule has 1 aromatic carbocycles. The van der Waals surface area contributed by atoms with Crippen LogP contribution in [0.2, 0.25) is 0 Å². The van der Waals surface area contributed by atoms with Crippen LogP contribution in [0.5, 0.6) is 0 Å². The molecule has 0 fully saturated rings. The summed E-state index contributed by atoms with van der Waals surface area (Å²) in [6.45, 7) is 2.66. The Bertz CT molecular complexity index is 960. The normalized spacial score (nSPS) is 11.0. The molecule has 0 saturated heterocycles.